The molecule has 0 aliphatic carbocycles. The molecule has 1 aromatic heterocycles. The lowest BCUT2D eigenvalue weighted by Crippen LogP contribution is -2.36. The van der Waals surface area contributed by atoms with Crippen molar-refractivity contribution in [3.05, 3.63) is 45.0 Å². The molecule has 18 heavy (non-hydrogen) atoms. The number of H-pyrrole nitrogens is 1. The molecule has 0 bridgehead atoms. The van der Waals surface area contributed by atoms with Gasteiger partial charge in [-0.1, -0.05) is 26.0 Å². The zero-order chi connectivity index (χ0) is 13.5. The van der Waals surface area contributed by atoms with Crippen molar-refractivity contribution in [2.24, 2.45) is 0 Å². The van der Waals surface area contributed by atoms with Gasteiger partial charge in [-0.2, -0.15) is 0 Å². The molecule has 0 amide bonds. The van der Waals surface area contributed by atoms with Gasteiger partial charge in [-0.3, -0.25) is 9.59 Å². The van der Waals surface area contributed by atoms with Gasteiger partial charge in [0.05, 0.1) is 11.0 Å². The Balaban J connectivity index is 0.000000771. The minimum Gasteiger partial charge on any atom is -0.396 e. The molecule has 1 heterocycles. The molecular weight excluding hydrogens is 232 g/mol. The van der Waals surface area contributed by atoms with Gasteiger partial charge in [-0.05, 0) is 18.6 Å². The molecule has 1 aromatic carbocycles. The van der Waals surface area contributed by atoms with Gasteiger partial charge in [-0.25, -0.2) is 0 Å². The van der Waals surface area contributed by atoms with Gasteiger partial charge in [0.15, 0.2) is 0 Å². The van der Waals surface area contributed by atoms with Crippen LogP contribution in [0.25, 0.3) is 11.0 Å². The molecule has 0 aliphatic heterocycles. The fourth-order valence-electron chi connectivity index (χ4n) is 1.67. The quantitative estimate of drug-likeness (QED) is 0.801. The fourth-order valence-corrected chi connectivity index (χ4v) is 1.67. The van der Waals surface area contributed by atoms with Crippen molar-refractivity contribution in [1.29, 1.82) is 0 Å². The average molecular weight is 250 g/mol. The summed E-state index contributed by atoms with van der Waals surface area (Å²) in [6.07, 6.45) is 0.452. The highest BCUT2D eigenvalue weighted by Gasteiger charge is 2.05. The highest BCUT2D eigenvalue weighted by atomic mass is 16.3. The van der Waals surface area contributed by atoms with Gasteiger partial charge in [0, 0.05) is 13.2 Å². The van der Waals surface area contributed by atoms with Crippen LogP contribution in [-0.2, 0) is 6.54 Å². The third kappa shape index (κ3) is 2.87. The van der Waals surface area contributed by atoms with E-state index in [9.17, 15) is 9.59 Å². The summed E-state index contributed by atoms with van der Waals surface area (Å²) in [7, 11) is 0. The Bertz CT molecular complexity index is 613. The average Bonchev–Trinajstić information content (AvgIpc) is 2.42. The Morgan fingerprint density at radius 3 is 2.56 bits per heavy atom. The number of aromatic amines is 1. The summed E-state index contributed by atoms with van der Waals surface area (Å²) in [4.78, 5) is 25.5. The van der Waals surface area contributed by atoms with Crippen molar-refractivity contribution in [3.8, 4) is 0 Å². The maximum atomic E-state index is 11.6. The monoisotopic (exact) mass is 250 g/mol. The summed E-state index contributed by atoms with van der Waals surface area (Å²) in [5.41, 5.74) is 0.106. The van der Waals surface area contributed by atoms with Gasteiger partial charge >= 0.3 is 11.1 Å². The van der Waals surface area contributed by atoms with E-state index >= 15 is 0 Å². The molecule has 98 valence electrons. The predicted molar refractivity (Wildman–Crippen MR) is 71.9 cm³/mol. The van der Waals surface area contributed by atoms with Crippen molar-refractivity contribution in [1.82, 2.24) is 9.55 Å². The van der Waals surface area contributed by atoms with Crippen LogP contribution in [-0.4, -0.2) is 21.3 Å². The van der Waals surface area contributed by atoms with Crippen molar-refractivity contribution in [2.45, 2.75) is 26.8 Å². The minimum atomic E-state index is -0.628. The zero-order valence-corrected chi connectivity index (χ0v) is 10.6. The second-order valence-electron chi connectivity index (χ2n) is 3.51. The SMILES string of the molecule is CC.O=c1[nH]c2ccccc2n(CCCO)c1=O. The number of aliphatic hydroxyl groups is 1. The largest absolute Gasteiger partial charge is 0.396 e. The van der Waals surface area contributed by atoms with E-state index in [1.54, 1.807) is 24.3 Å². The normalized spacial score (nSPS) is 9.94. The number of aromatic nitrogens is 2. The van der Waals surface area contributed by atoms with Crippen LogP contribution in [0, 0.1) is 0 Å². The number of nitrogens with zero attached hydrogens (tertiary/aromatic N) is 1. The summed E-state index contributed by atoms with van der Waals surface area (Å²) < 4.78 is 1.39. The molecule has 0 radical (unpaired) electrons. The standard InChI is InChI=1S/C11H12N2O3.C2H6/c14-7-3-6-13-9-5-2-1-4-8(9)12-10(15)11(13)16;1-2/h1-2,4-5,14H,3,6-7H2,(H,12,15);1-2H3. The van der Waals surface area contributed by atoms with Crippen LogP contribution in [0.3, 0.4) is 0 Å². The van der Waals surface area contributed by atoms with Crippen LogP contribution in [0.1, 0.15) is 20.3 Å². The van der Waals surface area contributed by atoms with Gasteiger partial charge in [0.25, 0.3) is 0 Å². The Labute approximate surface area is 105 Å². The third-order valence-corrected chi connectivity index (χ3v) is 2.42. The van der Waals surface area contributed by atoms with E-state index in [-0.39, 0.29) is 6.61 Å². The van der Waals surface area contributed by atoms with Gasteiger partial charge in [0.2, 0.25) is 0 Å². The number of rotatable bonds is 3. The maximum Gasteiger partial charge on any atom is 0.316 e. The van der Waals surface area contributed by atoms with Gasteiger partial charge in [0.1, 0.15) is 0 Å². The zero-order valence-electron chi connectivity index (χ0n) is 10.6. The number of aryl methyl sites for hydroxylation is 1. The highest BCUT2D eigenvalue weighted by Crippen LogP contribution is 2.07. The predicted octanol–water partition coefficient (Wildman–Crippen LogP) is 1.10. The number of hydrogen-bond acceptors (Lipinski definition) is 3. The number of para-hydroxylation sites is 2. The van der Waals surface area contributed by atoms with Crippen molar-refractivity contribution in [3.63, 3.8) is 0 Å². The number of fused-ring (bicyclic) bond motifs is 1. The van der Waals surface area contributed by atoms with E-state index in [4.69, 9.17) is 5.11 Å². The second kappa shape index (κ2) is 6.76. The molecule has 2 aromatic rings. The van der Waals surface area contributed by atoms with Crippen LogP contribution >= 0.6 is 0 Å². The summed E-state index contributed by atoms with van der Waals surface area (Å²) in [5, 5.41) is 8.76. The Morgan fingerprint density at radius 1 is 1.22 bits per heavy atom. The van der Waals surface area contributed by atoms with Crippen LogP contribution in [0.2, 0.25) is 0 Å². The number of benzene rings is 1. The van der Waals surface area contributed by atoms with Crippen molar-refractivity contribution >= 4 is 11.0 Å². The molecule has 0 saturated carbocycles. The topological polar surface area (TPSA) is 75.1 Å². The number of aliphatic hydroxyl groups excluding tert-OH is 1. The van der Waals surface area contributed by atoms with E-state index in [2.05, 4.69) is 4.98 Å². The van der Waals surface area contributed by atoms with Crippen LogP contribution < -0.4 is 11.1 Å². The molecule has 5 heteroatoms. The molecule has 0 unspecified atom stereocenters. The first-order valence-electron chi connectivity index (χ1n) is 6.07. The number of nitrogens with one attached hydrogen (secondary N) is 1. The summed E-state index contributed by atoms with van der Waals surface area (Å²) in [5.74, 6) is 0. The molecule has 0 atom stereocenters. The third-order valence-electron chi connectivity index (χ3n) is 2.42. The van der Waals surface area contributed by atoms with Crippen molar-refractivity contribution in [2.75, 3.05) is 6.61 Å². The minimum absolute atomic E-state index is 0.00638. The van der Waals surface area contributed by atoms with Gasteiger partial charge in [-0.15, -0.1) is 0 Å². The summed E-state index contributed by atoms with van der Waals surface area (Å²) in [6.45, 7) is 4.34. The van der Waals surface area contributed by atoms with E-state index < -0.39 is 11.1 Å². The summed E-state index contributed by atoms with van der Waals surface area (Å²) >= 11 is 0. The smallest absolute Gasteiger partial charge is 0.316 e. The molecule has 5 nitrogen and oxygen atoms in total. The van der Waals surface area contributed by atoms with E-state index in [0.29, 0.717) is 24.0 Å². The van der Waals surface area contributed by atoms with Crippen LogP contribution in [0.15, 0.2) is 33.9 Å². The van der Waals surface area contributed by atoms with Crippen LogP contribution in [0.4, 0.5) is 0 Å². The molecule has 0 fully saturated rings. The first-order valence-corrected chi connectivity index (χ1v) is 6.07. The van der Waals surface area contributed by atoms with Gasteiger partial charge < -0.3 is 14.7 Å². The van der Waals surface area contributed by atoms with Crippen LogP contribution in [0.5, 0.6) is 0 Å². The first kappa shape index (κ1) is 14.2. The lowest BCUT2D eigenvalue weighted by atomic mass is 10.3. The molecule has 0 spiro atoms. The molecular formula is C13H18N2O3. The lowest BCUT2D eigenvalue weighted by molar-refractivity contribution is 0.280. The molecule has 0 saturated heterocycles. The number of hydrogen-bond donors (Lipinski definition) is 2. The van der Waals surface area contributed by atoms with E-state index in [1.165, 1.54) is 4.57 Å². The Morgan fingerprint density at radius 2 is 1.89 bits per heavy atom. The second-order valence-corrected chi connectivity index (χ2v) is 3.51. The Kier molecular flexibility index (Phi) is 5.32. The molecule has 0 aliphatic rings. The van der Waals surface area contributed by atoms with Crippen molar-refractivity contribution < 1.29 is 5.11 Å². The van der Waals surface area contributed by atoms with E-state index in [0.717, 1.165) is 0 Å². The Hall–Kier alpha value is -1.88. The maximum absolute atomic E-state index is 11.6. The molecule has 2 N–H and O–H groups in total. The lowest BCUT2D eigenvalue weighted by Gasteiger charge is -2.07. The fraction of sp³-hybridized carbons (Fsp3) is 0.385. The first-order chi connectivity index (χ1) is 8.74. The molecule has 2 rings (SSSR count). The highest BCUT2D eigenvalue weighted by molar-refractivity contribution is 5.74. The van der Waals surface area contributed by atoms with E-state index in [1.807, 2.05) is 13.8 Å². The summed E-state index contributed by atoms with van der Waals surface area (Å²) in [6, 6.07) is 7.10.